The molecule has 0 aliphatic carbocycles. The van der Waals surface area contributed by atoms with E-state index in [2.05, 4.69) is 0 Å². The van der Waals surface area contributed by atoms with Gasteiger partial charge in [0.2, 0.25) is 0 Å². The van der Waals surface area contributed by atoms with Gasteiger partial charge in [0.1, 0.15) is 0 Å². The van der Waals surface area contributed by atoms with Crippen LogP contribution >= 0.6 is 23.2 Å². The molecule has 2 aromatic rings. The van der Waals surface area contributed by atoms with Crippen LogP contribution in [-0.2, 0) is 0 Å². The van der Waals surface area contributed by atoms with Gasteiger partial charge in [0.15, 0.2) is 0 Å². The molecule has 0 spiro atoms. The highest BCUT2D eigenvalue weighted by Crippen LogP contribution is 2.29. The summed E-state index contributed by atoms with van der Waals surface area (Å²) in [6, 6.07) is 14.3. The Kier molecular flexibility index (Phi) is 7.75. The summed E-state index contributed by atoms with van der Waals surface area (Å²) in [4.78, 5) is 29.3. The molecule has 0 bridgehead atoms. The summed E-state index contributed by atoms with van der Waals surface area (Å²) in [7, 11) is 0. The maximum absolute atomic E-state index is 12.7. The van der Waals surface area contributed by atoms with Gasteiger partial charge in [-0.05, 0) is 86.1 Å². The average Bonchev–Trinajstić information content (AvgIpc) is 2.83. The van der Waals surface area contributed by atoms with Crippen molar-refractivity contribution < 1.29 is 9.59 Å². The second kappa shape index (κ2) is 10.7. The van der Waals surface area contributed by atoms with E-state index >= 15 is 0 Å². The molecule has 2 aliphatic rings. The van der Waals surface area contributed by atoms with Crippen molar-refractivity contribution in [1.82, 2.24) is 9.80 Å². The van der Waals surface area contributed by atoms with Crippen LogP contribution in [0.2, 0.25) is 10.0 Å². The summed E-state index contributed by atoms with van der Waals surface area (Å²) in [5.41, 5.74) is 1.43. The lowest BCUT2D eigenvalue weighted by atomic mass is 9.85. The second-order valence-corrected chi connectivity index (χ2v) is 9.94. The number of carbonyl (C=O) groups is 2. The van der Waals surface area contributed by atoms with Gasteiger partial charge < -0.3 is 9.80 Å². The summed E-state index contributed by atoms with van der Waals surface area (Å²) in [5.74, 6) is 1.60. The number of benzene rings is 2. The number of amides is 2. The summed E-state index contributed by atoms with van der Waals surface area (Å²) >= 11 is 11.9. The molecule has 2 aliphatic heterocycles. The smallest absolute Gasteiger partial charge is 0.253 e. The third-order valence-electron chi connectivity index (χ3n) is 6.97. The molecule has 0 radical (unpaired) electrons. The van der Waals surface area contributed by atoms with Crippen molar-refractivity contribution in [3.8, 4) is 0 Å². The lowest BCUT2D eigenvalue weighted by molar-refractivity contribution is 0.0652. The van der Waals surface area contributed by atoms with Crippen molar-refractivity contribution in [1.29, 1.82) is 0 Å². The van der Waals surface area contributed by atoms with Crippen LogP contribution in [0.5, 0.6) is 0 Å². The van der Waals surface area contributed by atoms with E-state index in [0.29, 0.717) is 33.0 Å². The Morgan fingerprint density at radius 3 is 1.25 bits per heavy atom. The van der Waals surface area contributed by atoms with Crippen molar-refractivity contribution in [2.75, 3.05) is 26.2 Å². The van der Waals surface area contributed by atoms with Crippen molar-refractivity contribution in [2.24, 2.45) is 11.8 Å². The van der Waals surface area contributed by atoms with E-state index in [0.717, 1.165) is 51.9 Å². The van der Waals surface area contributed by atoms with Crippen LogP contribution in [0, 0.1) is 11.8 Å². The number of piperidine rings is 2. The first-order valence-corrected chi connectivity index (χ1v) is 12.3. The van der Waals surface area contributed by atoms with E-state index < -0.39 is 0 Å². The minimum absolute atomic E-state index is 0.109. The van der Waals surface area contributed by atoms with Gasteiger partial charge in [0, 0.05) is 47.4 Å². The molecule has 2 saturated heterocycles. The van der Waals surface area contributed by atoms with Crippen molar-refractivity contribution >= 4 is 35.0 Å². The normalized spacial score (nSPS) is 18.1. The fraction of sp³-hybridized carbons (Fsp3) is 0.462. The molecule has 32 heavy (non-hydrogen) atoms. The van der Waals surface area contributed by atoms with Crippen LogP contribution in [0.1, 0.15) is 59.2 Å². The monoisotopic (exact) mass is 472 g/mol. The highest BCUT2D eigenvalue weighted by atomic mass is 35.5. The van der Waals surface area contributed by atoms with Crippen LogP contribution < -0.4 is 0 Å². The lowest BCUT2D eigenvalue weighted by Gasteiger charge is -2.35. The quantitative estimate of drug-likeness (QED) is 0.521. The Balaban J connectivity index is 1.17. The predicted molar refractivity (Wildman–Crippen MR) is 129 cm³/mol. The zero-order chi connectivity index (χ0) is 22.5. The number of halogens is 2. The largest absolute Gasteiger partial charge is 0.339 e. The molecule has 170 valence electrons. The highest BCUT2D eigenvalue weighted by Gasteiger charge is 2.27. The molecule has 0 atom stereocenters. The molecule has 0 unspecified atom stereocenters. The Hall–Kier alpha value is -2.04. The molecule has 2 fully saturated rings. The zero-order valence-corrected chi connectivity index (χ0v) is 19.8. The summed E-state index contributed by atoms with van der Waals surface area (Å²) in [6.07, 6.45) is 6.75. The Morgan fingerprint density at radius 1 is 0.625 bits per heavy atom. The number of hydrogen-bond acceptors (Lipinski definition) is 2. The lowest BCUT2D eigenvalue weighted by Crippen LogP contribution is -2.39. The van der Waals surface area contributed by atoms with E-state index in [1.807, 2.05) is 9.80 Å². The molecule has 0 aromatic heterocycles. The number of hydrogen-bond donors (Lipinski definition) is 0. The van der Waals surface area contributed by atoms with Gasteiger partial charge in [0.25, 0.3) is 11.8 Å². The summed E-state index contributed by atoms with van der Waals surface area (Å²) < 4.78 is 0. The van der Waals surface area contributed by atoms with Crippen molar-refractivity contribution in [2.45, 2.75) is 38.5 Å². The number of likely N-dealkylation sites (tertiary alicyclic amines) is 2. The van der Waals surface area contributed by atoms with E-state index in [-0.39, 0.29) is 11.8 Å². The maximum Gasteiger partial charge on any atom is 0.253 e. The van der Waals surface area contributed by atoms with Gasteiger partial charge in [-0.1, -0.05) is 36.0 Å². The van der Waals surface area contributed by atoms with Crippen LogP contribution in [-0.4, -0.2) is 47.8 Å². The van der Waals surface area contributed by atoms with Gasteiger partial charge in [-0.2, -0.15) is 0 Å². The molecular weight excluding hydrogens is 443 g/mol. The van der Waals surface area contributed by atoms with Gasteiger partial charge in [-0.25, -0.2) is 0 Å². The summed E-state index contributed by atoms with van der Waals surface area (Å²) in [6.45, 7) is 3.33. The Bertz CT molecular complexity index is 836. The molecule has 4 nitrogen and oxygen atoms in total. The van der Waals surface area contributed by atoms with E-state index in [9.17, 15) is 9.59 Å². The molecule has 0 saturated carbocycles. The van der Waals surface area contributed by atoms with Crippen molar-refractivity contribution in [3.05, 3.63) is 69.7 Å². The fourth-order valence-corrected chi connectivity index (χ4v) is 5.12. The van der Waals surface area contributed by atoms with Crippen LogP contribution in [0.4, 0.5) is 0 Å². The minimum Gasteiger partial charge on any atom is -0.339 e. The number of carbonyl (C=O) groups excluding carboxylic acids is 2. The Labute approximate surface area is 200 Å². The van der Waals surface area contributed by atoms with Gasteiger partial charge in [0.05, 0.1) is 0 Å². The average molecular weight is 473 g/mol. The molecule has 2 amide bonds. The first kappa shape index (κ1) is 23.1. The Morgan fingerprint density at radius 2 is 0.938 bits per heavy atom. The molecule has 0 N–H and O–H groups in total. The van der Waals surface area contributed by atoms with Crippen LogP contribution in [0.3, 0.4) is 0 Å². The molecule has 6 heteroatoms. The highest BCUT2D eigenvalue weighted by molar-refractivity contribution is 6.31. The molecule has 2 heterocycles. The molecule has 2 aromatic carbocycles. The number of rotatable bonds is 5. The third-order valence-corrected chi connectivity index (χ3v) is 7.47. The minimum atomic E-state index is 0.109. The van der Waals surface area contributed by atoms with Gasteiger partial charge >= 0.3 is 0 Å². The predicted octanol–water partition coefficient (Wildman–Crippen LogP) is 6.18. The first-order chi connectivity index (χ1) is 15.5. The van der Waals surface area contributed by atoms with Gasteiger partial charge in [-0.3, -0.25) is 9.59 Å². The van der Waals surface area contributed by atoms with Gasteiger partial charge in [-0.15, -0.1) is 0 Å². The van der Waals surface area contributed by atoms with E-state index in [1.54, 1.807) is 48.5 Å². The van der Waals surface area contributed by atoms with Crippen molar-refractivity contribution in [3.63, 3.8) is 0 Å². The zero-order valence-electron chi connectivity index (χ0n) is 18.3. The first-order valence-electron chi connectivity index (χ1n) is 11.6. The van der Waals surface area contributed by atoms with E-state index in [1.165, 1.54) is 12.8 Å². The number of nitrogens with zero attached hydrogens (tertiary/aromatic N) is 2. The maximum atomic E-state index is 12.7. The third kappa shape index (κ3) is 5.85. The fourth-order valence-electron chi connectivity index (χ4n) is 4.87. The second-order valence-electron chi connectivity index (χ2n) is 9.06. The SMILES string of the molecule is O=C(c1ccc(Cl)cc1)N1CCC(CCC2CCN(C(=O)c3ccc(Cl)cc3)CC2)CC1. The molecule has 4 rings (SSSR count). The molecular formula is C26H30Cl2N2O2. The summed E-state index contributed by atoms with van der Waals surface area (Å²) in [5, 5.41) is 1.31. The topological polar surface area (TPSA) is 40.6 Å². The standard InChI is InChI=1S/C26H30Cl2N2O2/c27-23-7-3-21(4-8-23)25(31)29-15-11-19(12-16-29)1-2-20-13-17-30(18-14-20)26(32)22-5-9-24(28)10-6-22/h3-10,19-20H,1-2,11-18H2. The van der Waals surface area contributed by atoms with E-state index in [4.69, 9.17) is 23.2 Å². The van der Waals surface area contributed by atoms with Crippen LogP contribution in [0.15, 0.2) is 48.5 Å². The van der Waals surface area contributed by atoms with Crippen LogP contribution in [0.25, 0.3) is 0 Å².